The lowest BCUT2D eigenvalue weighted by Crippen LogP contribution is -2.32. The van der Waals surface area contributed by atoms with E-state index in [0.717, 1.165) is 29.8 Å². The first kappa shape index (κ1) is 17.5. The van der Waals surface area contributed by atoms with Crippen LogP contribution in [-0.4, -0.2) is 17.6 Å². The highest BCUT2D eigenvalue weighted by molar-refractivity contribution is 8.00. The second-order valence-electron chi connectivity index (χ2n) is 6.21. The summed E-state index contributed by atoms with van der Waals surface area (Å²) in [7, 11) is 0. The van der Waals surface area contributed by atoms with E-state index < -0.39 is 0 Å². The van der Waals surface area contributed by atoms with E-state index in [-0.39, 0.29) is 17.9 Å². The average molecular weight is 354 g/mol. The van der Waals surface area contributed by atoms with Crippen molar-refractivity contribution in [2.45, 2.75) is 37.1 Å². The van der Waals surface area contributed by atoms with Gasteiger partial charge in [0.2, 0.25) is 11.8 Å². The van der Waals surface area contributed by atoms with Crippen LogP contribution in [0.3, 0.4) is 0 Å². The van der Waals surface area contributed by atoms with Crippen molar-refractivity contribution in [3.05, 3.63) is 59.7 Å². The third-order valence-corrected chi connectivity index (χ3v) is 5.26. The van der Waals surface area contributed by atoms with Gasteiger partial charge in [-0.05, 0) is 54.7 Å². The van der Waals surface area contributed by atoms with Gasteiger partial charge in [0, 0.05) is 17.5 Å². The van der Waals surface area contributed by atoms with Gasteiger partial charge < -0.3 is 10.6 Å². The number of aryl methyl sites for hydroxylation is 1. The first-order valence-corrected chi connectivity index (χ1v) is 9.48. The summed E-state index contributed by atoms with van der Waals surface area (Å²) >= 11 is 1.50. The number of hydrogen-bond acceptors (Lipinski definition) is 3. The minimum absolute atomic E-state index is 0.0534. The summed E-state index contributed by atoms with van der Waals surface area (Å²) in [5, 5.41) is 5.90. The lowest BCUT2D eigenvalue weighted by Gasteiger charge is -2.26. The molecule has 0 unspecified atom stereocenters. The summed E-state index contributed by atoms with van der Waals surface area (Å²) in [6, 6.07) is 16.0. The van der Waals surface area contributed by atoms with E-state index in [2.05, 4.69) is 28.8 Å². The summed E-state index contributed by atoms with van der Waals surface area (Å²) in [6.45, 7) is 1.48. The maximum absolute atomic E-state index is 12.3. The highest BCUT2D eigenvalue weighted by atomic mass is 32.2. The Bertz CT molecular complexity index is 759. The van der Waals surface area contributed by atoms with Crippen LogP contribution in [0.25, 0.3) is 0 Å². The maximum atomic E-state index is 12.3. The van der Waals surface area contributed by atoms with Gasteiger partial charge in [-0.2, -0.15) is 0 Å². The van der Waals surface area contributed by atoms with Gasteiger partial charge in [-0.25, -0.2) is 0 Å². The zero-order valence-corrected chi connectivity index (χ0v) is 15.1. The third kappa shape index (κ3) is 4.86. The summed E-state index contributed by atoms with van der Waals surface area (Å²) in [5.41, 5.74) is 3.37. The van der Waals surface area contributed by atoms with E-state index in [0.29, 0.717) is 5.75 Å². The number of fused-ring (bicyclic) bond motifs is 1. The molecule has 0 radical (unpaired) electrons. The van der Waals surface area contributed by atoms with Gasteiger partial charge in [0.25, 0.3) is 0 Å². The molecule has 0 saturated heterocycles. The minimum Gasteiger partial charge on any atom is -0.349 e. The van der Waals surface area contributed by atoms with E-state index in [9.17, 15) is 9.59 Å². The van der Waals surface area contributed by atoms with Crippen LogP contribution in [0.1, 0.15) is 36.9 Å². The number of amides is 2. The molecule has 2 aromatic rings. The van der Waals surface area contributed by atoms with Crippen LogP contribution in [-0.2, 0) is 16.0 Å². The normalized spacial score (nSPS) is 16.0. The Morgan fingerprint density at radius 2 is 1.88 bits per heavy atom. The van der Waals surface area contributed by atoms with Crippen LogP contribution in [0.2, 0.25) is 0 Å². The molecule has 1 aliphatic carbocycles. The topological polar surface area (TPSA) is 58.2 Å². The fraction of sp³-hybridized carbons (Fsp3) is 0.300. The van der Waals surface area contributed by atoms with Crippen LogP contribution < -0.4 is 10.6 Å². The second-order valence-corrected chi connectivity index (χ2v) is 7.25. The van der Waals surface area contributed by atoms with Crippen molar-refractivity contribution >= 4 is 29.3 Å². The average Bonchev–Trinajstić information content (AvgIpc) is 2.61. The van der Waals surface area contributed by atoms with Crippen molar-refractivity contribution in [2.75, 3.05) is 11.1 Å². The lowest BCUT2D eigenvalue weighted by atomic mass is 9.88. The molecular formula is C20H22N2O2S. The largest absolute Gasteiger partial charge is 0.349 e. The van der Waals surface area contributed by atoms with E-state index >= 15 is 0 Å². The van der Waals surface area contributed by atoms with Gasteiger partial charge >= 0.3 is 0 Å². The van der Waals surface area contributed by atoms with Crippen LogP contribution in [0.5, 0.6) is 0 Å². The number of rotatable bonds is 5. The van der Waals surface area contributed by atoms with Crippen LogP contribution >= 0.6 is 11.8 Å². The quantitative estimate of drug-likeness (QED) is 0.800. The number of nitrogens with one attached hydrogen (secondary N) is 2. The van der Waals surface area contributed by atoms with Gasteiger partial charge in [-0.3, -0.25) is 9.59 Å². The molecule has 2 N–H and O–H groups in total. The molecule has 0 bridgehead atoms. The standard InChI is InChI=1S/C20H22N2O2S/c1-14(23)21-16-9-11-17(12-10-16)25-13-20(24)22-19-8-4-6-15-5-2-3-7-18(15)19/h2-3,5,7,9-12,19H,4,6,8,13H2,1H3,(H,21,23)(H,22,24)/t19-/m0/s1. The van der Waals surface area contributed by atoms with E-state index in [1.54, 1.807) is 0 Å². The molecule has 0 fully saturated rings. The second kappa shape index (κ2) is 8.21. The van der Waals surface area contributed by atoms with Crippen molar-refractivity contribution in [2.24, 2.45) is 0 Å². The third-order valence-electron chi connectivity index (χ3n) is 4.25. The molecule has 0 aliphatic heterocycles. The fourth-order valence-corrected chi connectivity index (χ4v) is 3.84. The number of carbonyl (C=O) groups excluding carboxylic acids is 2. The molecule has 0 spiro atoms. The maximum Gasteiger partial charge on any atom is 0.230 e. The Morgan fingerprint density at radius 1 is 1.12 bits per heavy atom. The zero-order valence-electron chi connectivity index (χ0n) is 14.2. The number of benzene rings is 2. The number of anilines is 1. The van der Waals surface area contributed by atoms with Crippen molar-refractivity contribution in [3.8, 4) is 0 Å². The van der Waals surface area contributed by atoms with E-state index in [1.165, 1.54) is 29.8 Å². The smallest absolute Gasteiger partial charge is 0.230 e. The molecule has 25 heavy (non-hydrogen) atoms. The molecule has 4 nitrogen and oxygen atoms in total. The predicted molar refractivity (Wildman–Crippen MR) is 102 cm³/mol. The molecule has 0 saturated carbocycles. The molecular weight excluding hydrogens is 332 g/mol. The molecule has 2 aromatic carbocycles. The molecule has 1 aliphatic rings. The van der Waals surface area contributed by atoms with Gasteiger partial charge in [0.05, 0.1) is 11.8 Å². The van der Waals surface area contributed by atoms with Crippen LogP contribution in [0, 0.1) is 0 Å². The monoisotopic (exact) mass is 354 g/mol. The summed E-state index contributed by atoms with van der Waals surface area (Å²) in [4.78, 5) is 24.3. The first-order valence-electron chi connectivity index (χ1n) is 8.49. The summed E-state index contributed by atoms with van der Waals surface area (Å²) < 4.78 is 0. The number of thioether (sulfide) groups is 1. The highest BCUT2D eigenvalue weighted by Crippen LogP contribution is 2.29. The molecule has 0 aromatic heterocycles. The SMILES string of the molecule is CC(=O)Nc1ccc(SCC(=O)N[C@H]2CCCc3ccccc32)cc1. The molecule has 1 atom stereocenters. The van der Waals surface area contributed by atoms with Crippen molar-refractivity contribution in [1.29, 1.82) is 0 Å². The molecule has 5 heteroatoms. The lowest BCUT2D eigenvalue weighted by molar-refractivity contribution is -0.119. The van der Waals surface area contributed by atoms with Crippen molar-refractivity contribution < 1.29 is 9.59 Å². The van der Waals surface area contributed by atoms with E-state index in [1.807, 2.05) is 30.3 Å². The molecule has 130 valence electrons. The Balaban J connectivity index is 1.53. The minimum atomic E-state index is -0.0902. The molecule has 3 rings (SSSR count). The van der Waals surface area contributed by atoms with Crippen LogP contribution in [0.4, 0.5) is 5.69 Å². The van der Waals surface area contributed by atoms with Crippen LogP contribution in [0.15, 0.2) is 53.4 Å². The number of carbonyl (C=O) groups is 2. The Kier molecular flexibility index (Phi) is 5.76. The summed E-state index contributed by atoms with van der Waals surface area (Å²) in [6.07, 6.45) is 3.20. The Labute approximate surface area is 152 Å². The Morgan fingerprint density at radius 3 is 2.64 bits per heavy atom. The van der Waals surface area contributed by atoms with Crippen molar-refractivity contribution in [1.82, 2.24) is 5.32 Å². The van der Waals surface area contributed by atoms with Gasteiger partial charge in [-0.15, -0.1) is 11.8 Å². The van der Waals surface area contributed by atoms with E-state index in [4.69, 9.17) is 0 Å². The van der Waals surface area contributed by atoms with Crippen molar-refractivity contribution in [3.63, 3.8) is 0 Å². The first-order chi connectivity index (χ1) is 12.1. The van der Waals surface area contributed by atoms with Gasteiger partial charge in [0.15, 0.2) is 0 Å². The summed E-state index contributed by atoms with van der Waals surface area (Å²) in [5.74, 6) is 0.350. The Hall–Kier alpha value is -2.27. The highest BCUT2D eigenvalue weighted by Gasteiger charge is 2.21. The zero-order chi connectivity index (χ0) is 17.6. The predicted octanol–water partition coefficient (Wildman–Crippen LogP) is 3.93. The number of hydrogen-bond donors (Lipinski definition) is 2. The fourth-order valence-electron chi connectivity index (χ4n) is 3.13. The van der Waals surface area contributed by atoms with Gasteiger partial charge in [-0.1, -0.05) is 24.3 Å². The van der Waals surface area contributed by atoms with Gasteiger partial charge in [0.1, 0.15) is 0 Å². The molecule has 2 amide bonds. The molecule has 0 heterocycles.